The smallest absolute Gasteiger partial charge is 0.303 e. The lowest BCUT2D eigenvalue weighted by molar-refractivity contribution is -0.146. The van der Waals surface area contributed by atoms with E-state index in [4.69, 9.17) is 14.2 Å². The van der Waals surface area contributed by atoms with Crippen molar-refractivity contribution in [2.24, 2.45) is 0 Å². The third-order valence-corrected chi connectivity index (χ3v) is 3.20. The molecule has 1 unspecified atom stereocenters. The monoisotopic (exact) mass is 330 g/mol. The number of carbonyl (C=O) groups excluding carboxylic acids is 1. The van der Waals surface area contributed by atoms with E-state index in [1.807, 2.05) is 24.3 Å². The topological polar surface area (TPSA) is 44.8 Å². The molecule has 1 atom stereocenters. The van der Waals surface area contributed by atoms with Gasteiger partial charge in [0.15, 0.2) is 0 Å². The van der Waals surface area contributed by atoms with E-state index in [9.17, 15) is 4.79 Å². The molecule has 4 nitrogen and oxygen atoms in total. The SMILES string of the molecule is COCCc1ccccc1OCC(CBr)OC(C)=O. The molecule has 19 heavy (non-hydrogen) atoms. The van der Waals surface area contributed by atoms with E-state index in [1.54, 1.807) is 7.11 Å². The number of methoxy groups -OCH3 is 1. The van der Waals surface area contributed by atoms with Gasteiger partial charge in [0.1, 0.15) is 18.5 Å². The summed E-state index contributed by atoms with van der Waals surface area (Å²) in [4.78, 5) is 10.9. The van der Waals surface area contributed by atoms with Crippen LogP contribution in [0.25, 0.3) is 0 Å². The Kier molecular flexibility index (Phi) is 7.52. The zero-order valence-electron chi connectivity index (χ0n) is 11.2. The van der Waals surface area contributed by atoms with Crippen LogP contribution in [-0.4, -0.2) is 37.7 Å². The highest BCUT2D eigenvalue weighted by molar-refractivity contribution is 9.09. The Balaban J connectivity index is 2.57. The van der Waals surface area contributed by atoms with Crippen LogP contribution in [0.1, 0.15) is 12.5 Å². The lowest BCUT2D eigenvalue weighted by atomic mass is 10.1. The van der Waals surface area contributed by atoms with Gasteiger partial charge in [-0.15, -0.1) is 0 Å². The van der Waals surface area contributed by atoms with Crippen molar-refractivity contribution in [1.29, 1.82) is 0 Å². The Morgan fingerprint density at radius 1 is 1.37 bits per heavy atom. The van der Waals surface area contributed by atoms with E-state index in [2.05, 4.69) is 15.9 Å². The molecule has 5 heteroatoms. The number of hydrogen-bond acceptors (Lipinski definition) is 4. The van der Waals surface area contributed by atoms with E-state index < -0.39 is 0 Å². The fourth-order valence-electron chi connectivity index (χ4n) is 1.59. The van der Waals surface area contributed by atoms with Crippen LogP contribution in [0, 0.1) is 0 Å². The summed E-state index contributed by atoms with van der Waals surface area (Å²) in [5.41, 5.74) is 1.08. The fraction of sp³-hybridized carbons (Fsp3) is 0.500. The Hall–Kier alpha value is -1.07. The van der Waals surface area contributed by atoms with Gasteiger partial charge >= 0.3 is 5.97 Å². The zero-order valence-corrected chi connectivity index (χ0v) is 12.8. The van der Waals surface area contributed by atoms with Gasteiger partial charge in [0.2, 0.25) is 0 Å². The molecule has 1 aromatic rings. The van der Waals surface area contributed by atoms with Crippen molar-refractivity contribution in [3.8, 4) is 5.75 Å². The maximum atomic E-state index is 10.9. The molecule has 106 valence electrons. The van der Waals surface area contributed by atoms with Gasteiger partial charge in [-0.1, -0.05) is 34.1 Å². The number of benzene rings is 1. The van der Waals surface area contributed by atoms with E-state index in [1.165, 1.54) is 6.92 Å². The van der Waals surface area contributed by atoms with Crippen molar-refractivity contribution < 1.29 is 19.0 Å². The number of carbonyl (C=O) groups is 1. The standard InChI is InChI=1S/C14H19BrO4/c1-11(16)19-13(9-15)10-18-14-6-4-3-5-12(14)7-8-17-2/h3-6,13H,7-10H2,1-2H3. The predicted molar refractivity (Wildman–Crippen MR) is 76.9 cm³/mol. The lowest BCUT2D eigenvalue weighted by Gasteiger charge is -2.17. The Labute approximate surface area is 122 Å². The molecule has 0 aromatic heterocycles. The number of ether oxygens (including phenoxy) is 3. The summed E-state index contributed by atoms with van der Waals surface area (Å²) in [5, 5.41) is 0.548. The number of rotatable bonds is 8. The third kappa shape index (κ3) is 6.07. The van der Waals surface area contributed by atoms with Crippen LogP contribution in [0.2, 0.25) is 0 Å². The molecule has 0 bridgehead atoms. The van der Waals surface area contributed by atoms with Crippen LogP contribution in [0.4, 0.5) is 0 Å². The minimum atomic E-state index is -0.305. The summed E-state index contributed by atoms with van der Waals surface area (Å²) in [5.74, 6) is 0.498. The second-order valence-corrected chi connectivity index (χ2v) is 4.69. The van der Waals surface area contributed by atoms with Gasteiger partial charge < -0.3 is 14.2 Å². The first-order valence-electron chi connectivity index (χ1n) is 6.10. The number of para-hydroxylation sites is 1. The molecule has 0 aliphatic carbocycles. The molecule has 0 spiro atoms. The minimum absolute atomic E-state index is 0.284. The molecule has 0 saturated carbocycles. The predicted octanol–water partition coefficient (Wildman–Crippen LogP) is 2.58. The first kappa shape index (κ1) is 16.0. The molecule has 0 amide bonds. The maximum Gasteiger partial charge on any atom is 0.303 e. The number of hydrogen-bond donors (Lipinski definition) is 0. The summed E-state index contributed by atoms with van der Waals surface area (Å²) >= 11 is 3.30. The van der Waals surface area contributed by atoms with Gasteiger partial charge in [0, 0.05) is 19.4 Å². The van der Waals surface area contributed by atoms with Gasteiger partial charge in [0.05, 0.1) is 6.61 Å². The van der Waals surface area contributed by atoms with Gasteiger partial charge in [-0.05, 0) is 18.1 Å². The van der Waals surface area contributed by atoms with Crippen LogP contribution in [0.15, 0.2) is 24.3 Å². The molecule has 0 aliphatic heterocycles. The molecule has 1 rings (SSSR count). The molecule has 0 aliphatic rings. The quantitative estimate of drug-likeness (QED) is 0.543. The first-order valence-corrected chi connectivity index (χ1v) is 7.22. The van der Waals surface area contributed by atoms with Crippen molar-refractivity contribution in [2.45, 2.75) is 19.4 Å². The van der Waals surface area contributed by atoms with Crippen molar-refractivity contribution in [2.75, 3.05) is 25.7 Å². The Bertz CT molecular complexity index is 395. The number of alkyl halides is 1. The molecular weight excluding hydrogens is 312 g/mol. The summed E-state index contributed by atoms with van der Waals surface area (Å²) in [6.07, 6.45) is 0.507. The van der Waals surface area contributed by atoms with Crippen molar-refractivity contribution in [3.63, 3.8) is 0 Å². The van der Waals surface area contributed by atoms with E-state index in [0.717, 1.165) is 17.7 Å². The molecule has 0 heterocycles. The molecule has 0 radical (unpaired) electrons. The van der Waals surface area contributed by atoms with Gasteiger partial charge in [-0.2, -0.15) is 0 Å². The van der Waals surface area contributed by atoms with E-state index in [0.29, 0.717) is 18.5 Å². The highest BCUT2D eigenvalue weighted by atomic mass is 79.9. The Morgan fingerprint density at radius 2 is 2.11 bits per heavy atom. The van der Waals surface area contributed by atoms with Crippen LogP contribution in [0.3, 0.4) is 0 Å². The van der Waals surface area contributed by atoms with E-state index >= 15 is 0 Å². The second-order valence-electron chi connectivity index (χ2n) is 4.05. The fourth-order valence-corrected chi connectivity index (χ4v) is 1.91. The van der Waals surface area contributed by atoms with Crippen molar-refractivity contribution in [1.82, 2.24) is 0 Å². The summed E-state index contributed by atoms with van der Waals surface area (Å²) in [7, 11) is 1.67. The summed E-state index contributed by atoms with van der Waals surface area (Å²) < 4.78 is 15.9. The molecule has 0 fully saturated rings. The highest BCUT2D eigenvalue weighted by Gasteiger charge is 2.12. The second kappa shape index (κ2) is 8.93. The van der Waals surface area contributed by atoms with Crippen LogP contribution < -0.4 is 4.74 Å². The van der Waals surface area contributed by atoms with Gasteiger partial charge in [0.25, 0.3) is 0 Å². The summed E-state index contributed by atoms with van der Waals surface area (Å²) in [6.45, 7) is 2.36. The van der Waals surface area contributed by atoms with Gasteiger partial charge in [-0.3, -0.25) is 4.79 Å². The molecular formula is C14H19BrO4. The van der Waals surface area contributed by atoms with Crippen molar-refractivity contribution >= 4 is 21.9 Å². The minimum Gasteiger partial charge on any atom is -0.489 e. The average molecular weight is 331 g/mol. The lowest BCUT2D eigenvalue weighted by Crippen LogP contribution is -2.25. The van der Waals surface area contributed by atoms with Crippen LogP contribution in [0.5, 0.6) is 5.75 Å². The first-order chi connectivity index (χ1) is 9.17. The maximum absolute atomic E-state index is 10.9. The third-order valence-electron chi connectivity index (χ3n) is 2.48. The van der Waals surface area contributed by atoms with Crippen LogP contribution >= 0.6 is 15.9 Å². The molecule has 1 aromatic carbocycles. The van der Waals surface area contributed by atoms with Crippen LogP contribution in [-0.2, 0) is 20.7 Å². The summed E-state index contributed by atoms with van der Waals surface area (Å²) in [6, 6.07) is 7.79. The molecule has 0 N–H and O–H groups in total. The van der Waals surface area contributed by atoms with Gasteiger partial charge in [-0.25, -0.2) is 0 Å². The number of esters is 1. The highest BCUT2D eigenvalue weighted by Crippen LogP contribution is 2.19. The average Bonchev–Trinajstić information content (AvgIpc) is 2.41. The molecule has 0 saturated heterocycles. The van der Waals surface area contributed by atoms with Crippen molar-refractivity contribution in [3.05, 3.63) is 29.8 Å². The largest absolute Gasteiger partial charge is 0.489 e. The number of halogens is 1. The zero-order chi connectivity index (χ0) is 14.1. The van der Waals surface area contributed by atoms with E-state index in [-0.39, 0.29) is 12.1 Å². The Morgan fingerprint density at radius 3 is 2.74 bits per heavy atom. The normalized spacial score (nSPS) is 11.9.